The van der Waals surface area contributed by atoms with Gasteiger partial charge in [-0.25, -0.2) is 0 Å². The Morgan fingerprint density at radius 1 is 1.48 bits per heavy atom. The molecule has 3 unspecified atom stereocenters. The molecule has 0 aliphatic heterocycles. The third kappa shape index (κ3) is 5.95. The zero-order valence-electron chi connectivity index (χ0n) is 13.8. The number of nitrogens with zero attached hydrogens (tertiary/aromatic N) is 1. The fraction of sp³-hybridized carbons (Fsp3) is 0.688. The number of guanidine groups is 1. The van der Waals surface area contributed by atoms with E-state index in [1.807, 2.05) is 19.1 Å². The van der Waals surface area contributed by atoms with Crippen molar-refractivity contribution in [3.05, 3.63) is 22.6 Å². The number of nitrogens with one attached hydrogen (secondary N) is 2. The molecule has 0 spiro atoms. The number of halogens is 1. The molecule has 0 saturated heterocycles. The van der Waals surface area contributed by atoms with Crippen LogP contribution in [0, 0.1) is 0 Å². The van der Waals surface area contributed by atoms with Crippen molar-refractivity contribution >= 4 is 32.7 Å². The number of furan rings is 1. The molecule has 3 atom stereocenters. The summed E-state index contributed by atoms with van der Waals surface area (Å²) in [5.74, 6) is 2.50. The molecule has 23 heavy (non-hydrogen) atoms. The van der Waals surface area contributed by atoms with Gasteiger partial charge in [0, 0.05) is 47.9 Å². The van der Waals surface area contributed by atoms with Crippen LogP contribution in [0.5, 0.6) is 0 Å². The minimum Gasteiger partial charge on any atom is -0.454 e. The van der Waals surface area contributed by atoms with Gasteiger partial charge in [0.25, 0.3) is 0 Å². The molecule has 0 radical (unpaired) electrons. The molecule has 0 aromatic carbocycles. The Morgan fingerprint density at radius 2 is 2.30 bits per heavy atom. The number of hydrogen-bond acceptors (Lipinski definition) is 3. The van der Waals surface area contributed by atoms with Crippen molar-refractivity contribution in [2.24, 2.45) is 4.99 Å². The van der Waals surface area contributed by atoms with E-state index in [1.54, 1.807) is 7.05 Å². The lowest BCUT2D eigenvalue weighted by molar-refractivity contribution is 0.413. The second-order valence-corrected chi connectivity index (χ2v) is 8.54. The summed E-state index contributed by atoms with van der Waals surface area (Å²) < 4.78 is 18.3. The van der Waals surface area contributed by atoms with Gasteiger partial charge in [0.2, 0.25) is 0 Å². The highest BCUT2D eigenvalue weighted by atomic mass is 79.9. The van der Waals surface area contributed by atoms with Gasteiger partial charge in [-0.05, 0) is 47.3 Å². The van der Waals surface area contributed by atoms with Gasteiger partial charge in [-0.15, -0.1) is 0 Å². The molecule has 130 valence electrons. The molecule has 1 aliphatic carbocycles. The van der Waals surface area contributed by atoms with E-state index in [9.17, 15) is 4.21 Å². The normalized spacial score (nSPS) is 23.5. The largest absolute Gasteiger partial charge is 0.454 e. The molecule has 1 heterocycles. The summed E-state index contributed by atoms with van der Waals surface area (Å²) in [5, 5.41) is 7.11. The van der Waals surface area contributed by atoms with Gasteiger partial charge in [0.05, 0.1) is 0 Å². The zero-order valence-corrected chi connectivity index (χ0v) is 16.2. The third-order valence-electron chi connectivity index (χ3n) is 4.14. The second-order valence-electron chi connectivity index (χ2n) is 5.75. The molecule has 0 amide bonds. The van der Waals surface area contributed by atoms with Gasteiger partial charge in [-0.2, -0.15) is 0 Å². The van der Waals surface area contributed by atoms with Gasteiger partial charge in [0.15, 0.2) is 10.6 Å². The summed E-state index contributed by atoms with van der Waals surface area (Å²) in [7, 11) is 1.09. The van der Waals surface area contributed by atoms with E-state index in [-0.39, 0.29) is 0 Å². The molecule has 1 aliphatic rings. The maximum Gasteiger partial charge on any atom is 0.191 e. The maximum atomic E-state index is 12.0. The Hall–Kier alpha value is -0.820. The van der Waals surface area contributed by atoms with Crippen molar-refractivity contribution in [3.63, 3.8) is 0 Å². The first kappa shape index (κ1) is 18.5. The van der Waals surface area contributed by atoms with Crippen molar-refractivity contribution in [2.75, 3.05) is 19.3 Å². The van der Waals surface area contributed by atoms with Gasteiger partial charge >= 0.3 is 0 Å². The van der Waals surface area contributed by atoms with E-state index in [2.05, 4.69) is 31.6 Å². The van der Waals surface area contributed by atoms with E-state index in [0.717, 1.165) is 60.8 Å². The van der Waals surface area contributed by atoms with Crippen LogP contribution in [0.2, 0.25) is 0 Å². The fourth-order valence-electron chi connectivity index (χ4n) is 2.93. The number of hydrogen-bond donors (Lipinski definition) is 2. The quantitative estimate of drug-likeness (QED) is 0.565. The van der Waals surface area contributed by atoms with Crippen LogP contribution < -0.4 is 10.6 Å². The van der Waals surface area contributed by atoms with Crippen LogP contribution in [0.1, 0.15) is 38.4 Å². The van der Waals surface area contributed by atoms with Crippen LogP contribution in [0.15, 0.2) is 26.2 Å². The van der Waals surface area contributed by atoms with Crippen molar-refractivity contribution < 1.29 is 8.63 Å². The summed E-state index contributed by atoms with van der Waals surface area (Å²) in [6.45, 7) is 2.76. The van der Waals surface area contributed by atoms with Gasteiger partial charge in [-0.1, -0.05) is 13.3 Å². The monoisotopic (exact) mass is 403 g/mol. The van der Waals surface area contributed by atoms with Crippen molar-refractivity contribution in [2.45, 2.75) is 50.3 Å². The topological polar surface area (TPSA) is 66.6 Å². The van der Waals surface area contributed by atoms with Crippen LogP contribution in [-0.2, 0) is 17.2 Å². The van der Waals surface area contributed by atoms with Gasteiger partial charge < -0.3 is 15.1 Å². The summed E-state index contributed by atoms with van der Waals surface area (Å²) in [6.07, 6.45) is 5.10. The zero-order chi connectivity index (χ0) is 16.7. The standard InChI is InChI=1S/C16H26BrN3O2S/c1-3-23(21)14-6-4-5-12(11-14)20-16(18-2)19-10-9-13-7-8-15(17)22-13/h7-8,12,14H,3-6,9-11H2,1-2H3,(H2,18,19,20). The summed E-state index contributed by atoms with van der Waals surface area (Å²) in [4.78, 5) is 4.29. The first-order valence-electron chi connectivity index (χ1n) is 8.21. The highest BCUT2D eigenvalue weighted by molar-refractivity contribution is 9.10. The Morgan fingerprint density at radius 3 is 2.96 bits per heavy atom. The average Bonchev–Trinajstić information content (AvgIpc) is 2.98. The van der Waals surface area contributed by atoms with E-state index < -0.39 is 10.8 Å². The van der Waals surface area contributed by atoms with E-state index in [4.69, 9.17) is 4.42 Å². The van der Waals surface area contributed by atoms with Crippen LogP contribution >= 0.6 is 15.9 Å². The van der Waals surface area contributed by atoms with Gasteiger partial charge in [-0.3, -0.25) is 9.20 Å². The summed E-state index contributed by atoms with van der Waals surface area (Å²) >= 11 is 3.31. The Bertz CT molecular complexity index is 547. The molecular formula is C16H26BrN3O2S. The van der Waals surface area contributed by atoms with Crippen molar-refractivity contribution in [1.82, 2.24) is 10.6 Å². The first-order chi connectivity index (χ1) is 11.1. The van der Waals surface area contributed by atoms with E-state index in [1.165, 1.54) is 0 Å². The second kappa shape index (κ2) is 9.47. The maximum absolute atomic E-state index is 12.0. The molecule has 2 N–H and O–H groups in total. The molecule has 1 fully saturated rings. The van der Waals surface area contributed by atoms with Crippen LogP contribution in [-0.4, -0.2) is 40.8 Å². The highest BCUT2D eigenvalue weighted by Crippen LogP contribution is 2.23. The summed E-state index contributed by atoms with van der Waals surface area (Å²) in [5.41, 5.74) is 0. The molecule has 1 saturated carbocycles. The van der Waals surface area contributed by atoms with Crippen molar-refractivity contribution in [3.8, 4) is 0 Å². The molecule has 0 bridgehead atoms. The lowest BCUT2D eigenvalue weighted by Crippen LogP contribution is -2.47. The SMILES string of the molecule is CCS(=O)C1CCCC(NC(=NC)NCCc2ccc(Br)o2)C1. The smallest absolute Gasteiger partial charge is 0.191 e. The van der Waals surface area contributed by atoms with Crippen LogP contribution in [0.3, 0.4) is 0 Å². The predicted octanol–water partition coefficient (Wildman–Crippen LogP) is 2.83. The van der Waals surface area contributed by atoms with Crippen LogP contribution in [0.4, 0.5) is 0 Å². The Balaban J connectivity index is 1.76. The highest BCUT2D eigenvalue weighted by Gasteiger charge is 2.25. The Labute approximate surface area is 149 Å². The molecular weight excluding hydrogens is 378 g/mol. The molecule has 1 aromatic rings. The minimum atomic E-state index is -0.696. The number of rotatable bonds is 6. The number of aliphatic imine (C=N–C) groups is 1. The lowest BCUT2D eigenvalue weighted by Gasteiger charge is -2.30. The molecule has 2 rings (SSSR count). The lowest BCUT2D eigenvalue weighted by atomic mass is 9.95. The molecule has 5 nitrogen and oxygen atoms in total. The fourth-order valence-corrected chi connectivity index (χ4v) is 4.62. The average molecular weight is 404 g/mol. The van der Waals surface area contributed by atoms with Gasteiger partial charge in [0.1, 0.15) is 5.76 Å². The van der Waals surface area contributed by atoms with Crippen molar-refractivity contribution in [1.29, 1.82) is 0 Å². The third-order valence-corrected chi connectivity index (χ3v) is 6.31. The molecule has 1 aromatic heterocycles. The summed E-state index contributed by atoms with van der Waals surface area (Å²) in [6, 6.07) is 4.22. The van der Waals surface area contributed by atoms with E-state index >= 15 is 0 Å². The Kier molecular flexibility index (Phi) is 7.62. The molecule has 7 heteroatoms. The first-order valence-corrected chi connectivity index (χ1v) is 10.4. The van der Waals surface area contributed by atoms with Crippen LogP contribution in [0.25, 0.3) is 0 Å². The van der Waals surface area contributed by atoms with E-state index in [0.29, 0.717) is 11.3 Å². The minimum absolute atomic E-state index is 0.324. The predicted molar refractivity (Wildman–Crippen MR) is 99.3 cm³/mol.